The fourth-order valence-corrected chi connectivity index (χ4v) is 5.44. The van der Waals surface area contributed by atoms with Crippen molar-refractivity contribution in [2.24, 2.45) is 0 Å². The van der Waals surface area contributed by atoms with Gasteiger partial charge in [-0.3, -0.25) is 24.9 Å². The Kier molecular flexibility index (Phi) is 17.3. The summed E-state index contributed by atoms with van der Waals surface area (Å²) in [6.45, 7) is 4.07. The zero-order valence-electron chi connectivity index (χ0n) is 32.7. The minimum atomic E-state index is -0.425. The number of hydrogen-bond donors (Lipinski definition) is 0. The topological polar surface area (TPSA) is 104 Å². The van der Waals surface area contributed by atoms with Gasteiger partial charge in [-0.05, 0) is 101 Å². The molecule has 0 amide bonds. The first-order valence-electron chi connectivity index (χ1n) is 18.7. The molecule has 6 heterocycles. The van der Waals surface area contributed by atoms with Crippen LogP contribution in [0.25, 0.3) is 46.3 Å². The Morgan fingerprint density at radius 1 is 0.550 bits per heavy atom. The molecular formula is C50H42N6O3Ru+. The van der Waals surface area contributed by atoms with E-state index in [-0.39, 0.29) is 26.1 Å². The molecule has 10 heteroatoms. The minimum absolute atomic E-state index is 0. The molecule has 0 aliphatic carbocycles. The van der Waals surface area contributed by atoms with E-state index in [1.165, 1.54) is 0 Å². The number of benzene rings is 2. The molecule has 8 aromatic rings. The van der Waals surface area contributed by atoms with Crippen molar-refractivity contribution < 1.29 is 38.3 Å². The van der Waals surface area contributed by atoms with Crippen LogP contribution in [0.2, 0.25) is 0 Å². The third kappa shape index (κ3) is 13.9. The molecule has 0 saturated carbocycles. The van der Waals surface area contributed by atoms with Gasteiger partial charge in [0.15, 0.2) is 0 Å². The first-order valence-corrected chi connectivity index (χ1v) is 18.7. The summed E-state index contributed by atoms with van der Waals surface area (Å²) in [4.78, 5) is 32.4. The molecule has 0 aliphatic heterocycles. The average Bonchev–Trinajstić information content (AvgIpc) is 3.32. The molecule has 0 unspecified atom stereocenters. The Morgan fingerprint density at radius 2 is 1.03 bits per heavy atom. The van der Waals surface area contributed by atoms with Gasteiger partial charge in [0.1, 0.15) is 24.7 Å². The quantitative estimate of drug-likeness (QED) is 0.0316. The normalized spacial score (nSPS) is 10.1. The van der Waals surface area contributed by atoms with E-state index in [1.807, 2.05) is 170 Å². The van der Waals surface area contributed by atoms with Gasteiger partial charge in [0.2, 0.25) is 0 Å². The van der Waals surface area contributed by atoms with Gasteiger partial charge in [-0.2, -0.15) is 0 Å². The maximum atomic E-state index is 11.2. The summed E-state index contributed by atoms with van der Waals surface area (Å²) in [7, 11) is 4.00. The van der Waals surface area contributed by atoms with E-state index in [2.05, 4.69) is 38.5 Å². The van der Waals surface area contributed by atoms with Gasteiger partial charge < -0.3 is 14.0 Å². The predicted molar refractivity (Wildman–Crippen MR) is 232 cm³/mol. The Bertz CT molecular complexity index is 2380. The molecule has 0 spiro atoms. The van der Waals surface area contributed by atoms with E-state index in [1.54, 1.807) is 35.6 Å². The maximum Gasteiger partial charge on any atom is 1.00 e. The van der Waals surface area contributed by atoms with Crippen molar-refractivity contribution in [2.75, 3.05) is 0 Å². The molecular weight excluding hydrogens is 834 g/mol. The monoisotopic (exact) mass is 876 g/mol. The molecule has 1 radical (unpaired) electrons. The second kappa shape index (κ2) is 23.7. The molecule has 8 rings (SSSR count). The number of ether oxygens (including phenoxy) is 2. The van der Waals surface area contributed by atoms with E-state index in [0.717, 1.165) is 68.2 Å². The van der Waals surface area contributed by atoms with E-state index < -0.39 is 5.97 Å². The number of nitrogens with zero attached hydrogens (tertiary/aromatic N) is 6. The molecule has 0 aliphatic rings. The van der Waals surface area contributed by atoms with E-state index in [9.17, 15) is 4.79 Å². The van der Waals surface area contributed by atoms with E-state index in [0.29, 0.717) is 6.61 Å². The SMILES string of the molecule is C=CC(=O)OCc1ccc(C=Cc2ccc(OCc3ccnc(-c4cccc[n+]4[CH2-])c3)cc2)cc1.[Ru+].c1ccc(-c2ccccn2)nc1.c1ccc(-c2ccccn2)nc1. The van der Waals surface area contributed by atoms with Crippen molar-refractivity contribution in [3.63, 3.8) is 0 Å². The van der Waals surface area contributed by atoms with Gasteiger partial charge in [-0.15, -0.1) is 0 Å². The second-order valence-corrected chi connectivity index (χ2v) is 12.7. The molecule has 0 bridgehead atoms. The largest absolute Gasteiger partial charge is 1.00 e. The number of aromatic nitrogens is 6. The number of esters is 1. The standard InChI is InChI=1S/C30H26N2O3.2C10H8N2.Ru/c1-3-30(33)35-21-25-11-9-23(10-12-25)7-8-24-13-15-27(16-14-24)34-22-26-17-18-31-28(20-26)29-6-4-5-19-32(29)2;2*1-3-7-11-9(5-1)10-6-2-4-8-12-10;/h3-20H,1-2,21-22H2;2*1-8H;/q;;;+1. The molecule has 6 aromatic heterocycles. The van der Waals surface area contributed by atoms with Crippen LogP contribution < -0.4 is 9.30 Å². The zero-order valence-corrected chi connectivity index (χ0v) is 34.5. The van der Waals surface area contributed by atoms with Gasteiger partial charge in [-0.1, -0.05) is 91.5 Å². The fraction of sp³-hybridized carbons (Fsp3) is 0.0400. The van der Waals surface area contributed by atoms with Crippen molar-refractivity contribution in [1.29, 1.82) is 0 Å². The van der Waals surface area contributed by atoms with Crippen molar-refractivity contribution in [3.05, 3.63) is 231 Å². The van der Waals surface area contributed by atoms with Crippen LogP contribution >= 0.6 is 0 Å². The molecule has 0 saturated heterocycles. The maximum absolute atomic E-state index is 11.2. The molecule has 2 aromatic carbocycles. The van der Waals surface area contributed by atoms with Gasteiger partial charge in [-0.25, -0.2) is 4.79 Å². The van der Waals surface area contributed by atoms with Crippen LogP contribution in [0.4, 0.5) is 0 Å². The number of rotatable bonds is 11. The second-order valence-electron chi connectivity index (χ2n) is 12.7. The van der Waals surface area contributed by atoms with Crippen LogP contribution in [-0.2, 0) is 42.2 Å². The zero-order chi connectivity index (χ0) is 40.9. The Balaban J connectivity index is 0.000000220. The number of pyridine rings is 6. The number of carbonyl (C=O) groups is 1. The molecule has 297 valence electrons. The van der Waals surface area contributed by atoms with Gasteiger partial charge in [0, 0.05) is 44.1 Å². The molecule has 0 fully saturated rings. The molecule has 0 N–H and O–H groups in total. The van der Waals surface area contributed by atoms with Crippen LogP contribution in [0.5, 0.6) is 5.75 Å². The van der Waals surface area contributed by atoms with Crippen molar-refractivity contribution in [3.8, 4) is 39.9 Å². The van der Waals surface area contributed by atoms with Crippen LogP contribution in [0.15, 0.2) is 201 Å². The summed E-state index contributed by atoms with van der Waals surface area (Å²) in [5, 5.41) is 0. The molecule has 9 nitrogen and oxygen atoms in total. The number of hydrogen-bond acceptors (Lipinski definition) is 8. The predicted octanol–water partition coefficient (Wildman–Crippen LogP) is 9.94. The summed E-state index contributed by atoms with van der Waals surface area (Å²) < 4.78 is 12.8. The first-order chi connectivity index (χ1) is 29.0. The van der Waals surface area contributed by atoms with Crippen LogP contribution in [-0.4, -0.2) is 30.9 Å². The van der Waals surface area contributed by atoms with Crippen LogP contribution in [0, 0.1) is 7.05 Å². The van der Waals surface area contributed by atoms with Crippen molar-refractivity contribution in [1.82, 2.24) is 24.9 Å². The fourth-order valence-electron chi connectivity index (χ4n) is 5.44. The molecule has 60 heavy (non-hydrogen) atoms. The van der Waals surface area contributed by atoms with Gasteiger partial charge >= 0.3 is 25.4 Å². The summed E-state index contributed by atoms with van der Waals surface area (Å²) in [5.41, 5.74) is 9.54. The van der Waals surface area contributed by atoms with E-state index >= 15 is 0 Å². The van der Waals surface area contributed by atoms with Crippen molar-refractivity contribution in [2.45, 2.75) is 13.2 Å². The van der Waals surface area contributed by atoms with Gasteiger partial charge in [0.05, 0.1) is 34.7 Å². The Morgan fingerprint density at radius 3 is 1.50 bits per heavy atom. The Labute approximate surface area is 363 Å². The third-order valence-corrected chi connectivity index (χ3v) is 8.49. The third-order valence-electron chi connectivity index (χ3n) is 8.49. The summed E-state index contributed by atoms with van der Waals surface area (Å²) in [6.07, 6.45) is 16.0. The Hall–Kier alpha value is -7.42. The summed E-state index contributed by atoms with van der Waals surface area (Å²) in [6, 6.07) is 48.8. The minimum Gasteiger partial charge on any atom is -0.489 e. The summed E-state index contributed by atoms with van der Waals surface area (Å²) >= 11 is 0. The number of carbonyl (C=O) groups excluding carboxylic acids is 1. The van der Waals surface area contributed by atoms with E-state index in [4.69, 9.17) is 9.47 Å². The smallest absolute Gasteiger partial charge is 0.489 e. The van der Waals surface area contributed by atoms with Crippen LogP contribution in [0.1, 0.15) is 22.3 Å². The van der Waals surface area contributed by atoms with Crippen LogP contribution in [0.3, 0.4) is 0 Å². The average molecular weight is 876 g/mol. The van der Waals surface area contributed by atoms with Gasteiger partial charge in [0.25, 0.3) is 0 Å². The molecule has 0 atom stereocenters. The van der Waals surface area contributed by atoms with Crippen molar-refractivity contribution >= 4 is 18.1 Å². The first kappa shape index (κ1) is 43.7. The summed E-state index contributed by atoms with van der Waals surface area (Å²) in [5.74, 6) is 0.372.